The molecule has 0 fully saturated rings. The van der Waals surface area contributed by atoms with Crippen molar-refractivity contribution in [2.45, 2.75) is 19.8 Å². The Hall–Kier alpha value is -2.60. The lowest BCUT2D eigenvalue weighted by atomic mass is 10.0. The number of carbonyl (C=O) groups is 1. The first-order chi connectivity index (χ1) is 12.3. The molecule has 0 aliphatic rings. The summed E-state index contributed by atoms with van der Waals surface area (Å²) in [5.41, 5.74) is 1.22. The molecule has 7 heteroatoms. The fourth-order valence-corrected chi connectivity index (χ4v) is 2.94. The first kappa shape index (κ1) is 18.2. The van der Waals surface area contributed by atoms with E-state index in [1.165, 1.54) is 0 Å². The summed E-state index contributed by atoms with van der Waals surface area (Å²) < 4.78 is 39.4. The molecule has 136 valence electrons. The van der Waals surface area contributed by atoms with E-state index in [2.05, 4.69) is 0 Å². The van der Waals surface area contributed by atoms with Gasteiger partial charge in [-0.3, -0.25) is 4.79 Å². The molecule has 0 amide bonds. The number of furan rings is 1. The fraction of sp³-hybridized carbons (Fsp3) is 0.211. The van der Waals surface area contributed by atoms with Crippen LogP contribution in [-0.4, -0.2) is 17.7 Å². The van der Waals surface area contributed by atoms with Gasteiger partial charge in [-0.05, 0) is 49.2 Å². The molecule has 26 heavy (non-hydrogen) atoms. The highest BCUT2D eigenvalue weighted by Crippen LogP contribution is 2.36. The average molecular weight is 381 g/mol. The topological polar surface area (TPSA) is 59.7 Å². The Morgan fingerprint density at radius 2 is 1.88 bits per heavy atom. The van der Waals surface area contributed by atoms with Gasteiger partial charge in [0.05, 0.1) is 6.61 Å². The van der Waals surface area contributed by atoms with Gasteiger partial charge in [-0.15, -0.1) is 0 Å². The van der Waals surface area contributed by atoms with E-state index in [0.717, 1.165) is 17.5 Å². The van der Waals surface area contributed by atoms with Crippen LogP contribution in [0.1, 0.15) is 18.6 Å². The maximum Gasteiger partial charge on any atom is 0.303 e. The van der Waals surface area contributed by atoms with E-state index >= 15 is 0 Å². The van der Waals surface area contributed by atoms with E-state index in [4.69, 9.17) is 25.9 Å². The molecule has 3 rings (SSSR count). The summed E-state index contributed by atoms with van der Waals surface area (Å²) in [6.45, 7) is 1.67. The van der Waals surface area contributed by atoms with Crippen LogP contribution in [0.4, 0.5) is 8.78 Å². The van der Waals surface area contributed by atoms with E-state index in [0.29, 0.717) is 21.9 Å². The molecule has 3 aromatic rings. The van der Waals surface area contributed by atoms with E-state index < -0.39 is 23.4 Å². The van der Waals surface area contributed by atoms with Crippen LogP contribution in [0.25, 0.3) is 22.1 Å². The second kappa shape index (κ2) is 7.33. The summed E-state index contributed by atoms with van der Waals surface area (Å²) in [6, 6.07) is 7.35. The van der Waals surface area contributed by atoms with Crippen LogP contribution in [0.15, 0.2) is 34.7 Å². The van der Waals surface area contributed by atoms with Crippen LogP contribution >= 0.6 is 11.6 Å². The van der Waals surface area contributed by atoms with Gasteiger partial charge in [0.1, 0.15) is 11.3 Å². The molecule has 1 N–H and O–H groups in total. The molecule has 0 radical (unpaired) electrons. The summed E-state index contributed by atoms with van der Waals surface area (Å²) >= 11 is 6.10. The van der Waals surface area contributed by atoms with E-state index in [1.807, 2.05) is 0 Å². The Bertz CT molecular complexity index is 958. The molecule has 0 atom stereocenters. The molecule has 0 unspecified atom stereocenters. The van der Waals surface area contributed by atoms with Gasteiger partial charge >= 0.3 is 5.97 Å². The highest BCUT2D eigenvalue weighted by Gasteiger charge is 2.17. The average Bonchev–Trinajstić information content (AvgIpc) is 2.92. The summed E-state index contributed by atoms with van der Waals surface area (Å²) in [6.07, 6.45) is 0.0101. The zero-order valence-corrected chi connectivity index (χ0v) is 14.6. The van der Waals surface area contributed by atoms with Crippen LogP contribution < -0.4 is 4.74 Å². The number of carboxylic acids is 1. The van der Waals surface area contributed by atoms with Gasteiger partial charge in [0, 0.05) is 22.4 Å². The van der Waals surface area contributed by atoms with Gasteiger partial charge in [-0.25, -0.2) is 8.78 Å². The Balaban J connectivity index is 1.94. The number of aliphatic carboxylic acids is 1. The molecule has 0 bridgehead atoms. The van der Waals surface area contributed by atoms with Gasteiger partial charge < -0.3 is 14.3 Å². The minimum absolute atomic E-state index is 0.0989. The number of hydrogen-bond donors (Lipinski definition) is 1. The van der Waals surface area contributed by atoms with Gasteiger partial charge in [0.15, 0.2) is 17.4 Å². The third kappa shape index (κ3) is 3.80. The normalized spacial score (nSPS) is 11.1. The number of halogens is 3. The molecule has 2 aromatic carbocycles. The van der Waals surface area contributed by atoms with Crippen LogP contribution in [0.2, 0.25) is 5.02 Å². The zero-order chi connectivity index (χ0) is 18.8. The molecule has 0 saturated carbocycles. The smallest absolute Gasteiger partial charge is 0.303 e. The summed E-state index contributed by atoms with van der Waals surface area (Å²) in [5, 5.41) is 9.73. The second-order valence-corrected chi connectivity index (χ2v) is 6.28. The number of fused-ring (bicyclic) bond motifs is 1. The van der Waals surface area contributed by atoms with Crippen molar-refractivity contribution < 1.29 is 27.8 Å². The van der Waals surface area contributed by atoms with Crippen molar-refractivity contribution in [2.75, 3.05) is 6.61 Å². The molecule has 1 heterocycles. The number of ether oxygens (including phenoxy) is 1. The Labute approximate surface area is 152 Å². The highest BCUT2D eigenvalue weighted by atomic mass is 35.5. The lowest BCUT2D eigenvalue weighted by molar-refractivity contribution is -0.137. The summed E-state index contributed by atoms with van der Waals surface area (Å²) in [4.78, 5) is 10.5. The van der Waals surface area contributed by atoms with Crippen LogP contribution in [0.5, 0.6) is 5.75 Å². The molecule has 4 nitrogen and oxygen atoms in total. The summed E-state index contributed by atoms with van der Waals surface area (Å²) in [7, 11) is 0. The van der Waals surface area contributed by atoms with Crippen molar-refractivity contribution in [1.29, 1.82) is 0 Å². The highest BCUT2D eigenvalue weighted by molar-refractivity contribution is 6.31. The molecule has 0 aliphatic carbocycles. The predicted molar refractivity (Wildman–Crippen MR) is 93.7 cm³/mol. The van der Waals surface area contributed by atoms with Crippen molar-refractivity contribution in [2.24, 2.45) is 0 Å². The first-order valence-corrected chi connectivity index (χ1v) is 8.26. The van der Waals surface area contributed by atoms with Crippen molar-refractivity contribution in [3.8, 4) is 16.9 Å². The second-order valence-electron chi connectivity index (χ2n) is 5.84. The first-order valence-electron chi connectivity index (χ1n) is 7.89. The van der Waals surface area contributed by atoms with Crippen molar-refractivity contribution in [1.82, 2.24) is 0 Å². The fourth-order valence-electron chi connectivity index (χ4n) is 2.71. The standard InChI is InChI=1S/C19H15ClF2O4/c1-10-5-12-6-13(20)9-14(18(12)26-10)11-7-15(21)19(16(22)8-11)25-4-2-3-17(23)24/h5-9H,2-4H2,1H3,(H,23,24). The Morgan fingerprint density at radius 3 is 2.54 bits per heavy atom. The number of carboxylic acid groups (broad SMARTS) is 1. The third-order valence-corrected chi connectivity index (χ3v) is 4.01. The van der Waals surface area contributed by atoms with Crippen molar-refractivity contribution >= 4 is 28.5 Å². The predicted octanol–water partition coefficient (Wildman–Crippen LogP) is 5.58. The lowest BCUT2D eigenvalue weighted by Gasteiger charge is -2.10. The molecule has 1 aromatic heterocycles. The van der Waals surface area contributed by atoms with Crippen molar-refractivity contribution in [3.05, 3.63) is 52.7 Å². The van der Waals surface area contributed by atoms with Gasteiger partial charge in [-0.2, -0.15) is 0 Å². The van der Waals surface area contributed by atoms with E-state index in [9.17, 15) is 13.6 Å². The molecular formula is C19H15ClF2O4. The quantitative estimate of drug-likeness (QED) is 0.567. The largest absolute Gasteiger partial charge is 0.488 e. The maximum absolute atomic E-state index is 14.3. The van der Waals surface area contributed by atoms with Crippen LogP contribution in [0.3, 0.4) is 0 Å². The SMILES string of the molecule is Cc1cc2cc(Cl)cc(-c3cc(F)c(OCCCC(=O)O)c(F)c3)c2o1. The number of rotatable bonds is 6. The molecular weight excluding hydrogens is 366 g/mol. The zero-order valence-electron chi connectivity index (χ0n) is 13.8. The Kier molecular flexibility index (Phi) is 5.13. The van der Waals surface area contributed by atoms with E-state index in [1.54, 1.807) is 25.1 Å². The van der Waals surface area contributed by atoms with Gasteiger partial charge in [0.25, 0.3) is 0 Å². The molecule has 0 saturated heterocycles. The van der Waals surface area contributed by atoms with Gasteiger partial charge in [0.2, 0.25) is 0 Å². The number of benzene rings is 2. The number of aryl methyl sites for hydroxylation is 1. The maximum atomic E-state index is 14.3. The number of hydrogen-bond acceptors (Lipinski definition) is 3. The van der Waals surface area contributed by atoms with Crippen LogP contribution in [-0.2, 0) is 4.79 Å². The van der Waals surface area contributed by atoms with E-state index in [-0.39, 0.29) is 25.0 Å². The lowest BCUT2D eigenvalue weighted by Crippen LogP contribution is -2.04. The monoisotopic (exact) mass is 380 g/mol. The molecule has 0 aliphatic heterocycles. The third-order valence-electron chi connectivity index (χ3n) is 3.79. The minimum Gasteiger partial charge on any atom is -0.488 e. The summed E-state index contributed by atoms with van der Waals surface area (Å²) in [5.74, 6) is -2.64. The Morgan fingerprint density at radius 1 is 1.19 bits per heavy atom. The minimum atomic E-state index is -0.997. The molecule has 0 spiro atoms. The van der Waals surface area contributed by atoms with Crippen molar-refractivity contribution in [3.63, 3.8) is 0 Å². The van der Waals surface area contributed by atoms with Gasteiger partial charge in [-0.1, -0.05) is 11.6 Å². The van der Waals surface area contributed by atoms with Crippen LogP contribution in [0, 0.1) is 18.6 Å².